The lowest BCUT2D eigenvalue weighted by molar-refractivity contribution is -0.150. The van der Waals surface area contributed by atoms with Gasteiger partial charge in [-0.2, -0.15) is 13.2 Å². The van der Waals surface area contributed by atoms with Crippen molar-refractivity contribution in [2.24, 2.45) is 0 Å². The Balaban J connectivity index is 2.66. The van der Waals surface area contributed by atoms with Gasteiger partial charge in [-0.15, -0.1) is 0 Å². The first-order valence-corrected chi connectivity index (χ1v) is 8.00. The molecule has 1 aromatic carbocycles. The summed E-state index contributed by atoms with van der Waals surface area (Å²) >= 11 is 0. The number of alkyl halides is 3. The van der Waals surface area contributed by atoms with Gasteiger partial charge in [-0.3, -0.25) is 14.4 Å². The minimum atomic E-state index is -4.47. The number of nitrogens with zero attached hydrogens (tertiary/aromatic N) is 1. The first-order valence-electron chi connectivity index (χ1n) is 6.35. The normalized spacial score (nSPS) is 13.9. The maximum atomic E-state index is 12.3. The molecule has 0 spiro atoms. The second-order valence-electron chi connectivity index (χ2n) is 4.92. The number of nitrogens with one attached hydrogen (secondary N) is 1. The van der Waals surface area contributed by atoms with Crippen molar-refractivity contribution in [1.29, 1.82) is 0 Å². The first-order chi connectivity index (χ1) is 10.0. The number of carbonyl (C=O) groups is 1. The van der Waals surface area contributed by atoms with E-state index in [0.717, 1.165) is 11.9 Å². The third-order valence-electron chi connectivity index (χ3n) is 2.92. The molecule has 1 N–H and O–H groups in total. The molecule has 0 aliphatic heterocycles. The minimum Gasteiger partial charge on any atom is -0.287 e. The second kappa shape index (κ2) is 7.10. The molecule has 0 saturated heterocycles. The van der Waals surface area contributed by atoms with E-state index >= 15 is 0 Å². The molecule has 0 heterocycles. The molecule has 1 rings (SSSR count). The molecule has 1 atom stereocenters. The Hall–Kier alpha value is -1.61. The van der Waals surface area contributed by atoms with Crippen molar-refractivity contribution in [1.82, 2.24) is 9.62 Å². The number of rotatable bonds is 6. The summed E-state index contributed by atoms with van der Waals surface area (Å²) in [6, 6.07) is 6.92. The number of amides is 1. The van der Waals surface area contributed by atoms with Crippen LogP contribution in [-0.4, -0.2) is 45.0 Å². The van der Waals surface area contributed by atoms with Crippen molar-refractivity contribution in [3.05, 3.63) is 35.9 Å². The Bertz CT molecular complexity index is 603. The van der Waals surface area contributed by atoms with Gasteiger partial charge in [0.15, 0.2) is 0 Å². The zero-order valence-electron chi connectivity index (χ0n) is 12.1. The second-order valence-corrected chi connectivity index (χ2v) is 6.64. The fourth-order valence-corrected chi connectivity index (χ4v) is 2.87. The summed E-state index contributed by atoms with van der Waals surface area (Å²) in [5.74, 6) is -1.42. The topological polar surface area (TPSA) is 66.5 Å². The zero-order chi connectivity index (χ0) is 17.0. The summed E-state index contributed by atoms with van der Waals surface area (Å²) in [7, 11) is -2.86. The molecule has 0 aliphatic carbocycles. The Morgan fingerprint density at radius 1 is 1.27 bits per heavy atom. The van der Waals surface area contributed by atoms with Gasteiger partial charge >= 0.3 is 6.18 Å². The molecule has 0 aromatic heterocycles. The van der Waals surface area contributed by atoms with Crippen LogP contribution in [0.3, 0.4) is 0 Å². The zero-order valence-corrected chi connectivity index (χ0v) is 12.9. The van der Waals surface area contributed by atoms with Crippen LogP contribution in [0.2, 0.25) is 0 Å². The van der Waals surface area contributed by atoms with Crippen LogP contribution in [0.4, 0.5) is 13.2 Å². The van der Waals surface area contributed by atoms with Crippen molar-refractivity contribution < 1.29 is 26.4 Å². The number of halogens is 3. The molecule has 0 fully saturated rings. The van der Waals surface area contributed by atoms with E-state index in [4.69, 9.17) is 0 Å². The largest absolute Gasteiger partial charge is 0.401 e. The Morgan fingerprint density at radius 2 is 1.82 bits per heavy atom. The average Bonchev–Trinajstić information content (AvgIpc) is 2.35. The number of carbonyl (C=O) groups excluding carboxylic acids is 1. The van der Waals surface area contributed by atoms with Gasteiger partial charge < -0.3 is 0 Å². The van der Waals surface area contributed by atoms with Gasteiger partial charge in [-0.1, -0.05) is 30.3 Å². The summed E-state index contributed by atoms with van der Waals surface area (Å²) in [6.07, 6.45) is -4.47. The summed E-state index contributed by atoms with van der Waals surface area (Å²) in [5, 5.41) is 0. The van der Waals surface area contributed by atoms with E-state index in [1.54, 1.807) is 35.1 Å². The molecule has 1 amide bonds. The monoisotopic (exact) mass is 338 g/mol. The van der Waals surface area contributed by atoms with Crippen LogP contribution in [0.25, 0.3) is 0 Å². The van der Waals surface area contributed by atoms with E-state index in [9.17, 15) is 26.4 Å². The number of sulfonamides is 1. The van der Waals surface area contributed by atoms with Crippen LogP contribution in [0, 0.1) is 0 Å². The summed E-state index contributed by atoms with van der Waals surface area (Å²) in [5.41, 5.74) is 0.471. The van der Waals surface area contributed by atoms with Crippen LogP contribution in [0.1, 0.15) is 12.5 Å². The van der Waals surface area contributed by atoms with Gasteiger partial charge in [0.2, 0.25) is 15.9 Å². The maximum absolute atomic E-state index is 12.3. The van der Waals surface area contributed by atoms with E-state index < -0.39 is 40.4 Å². The third kappa shape index (κ3) is 6.44. The molecule has 0 saturated carbocycles. The van der Waals surface area contributed by atoms with Crippen molar-refractivity contribution in [3.8, 4) is 0 Å². The van der Waals surface area contributed by atoms with Gasteiger partial charge in [0.1, 0.15) is 0 Å². The van der Waals surface area contributed by atoms with Crippen LogP contribution >= 0.6 is 0 Å². The van der Waals surface area contributed by atoms with Crippen LogP contribution in [0.5, 0.6) is 0 Å². The standard InChI is InChI=1S/C13H17F3N2O3S/c1-10(18(2)9-13(14,15)16)12(19)17-22(20,21)8-11-6-4-3-5-7-11/h3-7,10H,8-9H2,1-2H3,(H,17,19). The molecule has 124 valence electrons. The van der Waals surface area contributed by atoms with Gasteiger partial charge in [-0.05, 0) is 19.5 Å². The molecular weight excluding hydrogens is 321 g/mol. The third-order valence-corrected chi connectivity index (χ3v) is 4.15. The average molecular weight is 338 g/mol. The van der Waals surface area contributed by atoms with E-state index in [-0.39, 0.29) is 0 Å². The molecule has 1 unspecified atom stereocenters. The van der Waals surface area contributed by atoms with Gasteiger partial charge in [0, 0.05) is 0 Å². The van der Waals surface area contributed by atoms with E-state index in [1.807, 2.05) is 0 Å². The van der Waals surface area contributed by atoms with Gasteiger partial charge in [-0.25, -0.2) is 8.42 Å². The smallest absolute Gasteiger partial charge is 0.287 e. The van der Waals surface area contributed by atoms with Crippen LogP contribution < -0.4 is 4.72 Å². The number of likely N-dealkylation sites (N-methyl/N-ethyl adjacent to an activating group) is 1. The lowest BCUT2D eigenvalue weighted by Gasteiger charge is -2.24. The fraction of sp³-hybridized carbons (Fsp3) is 0.462. The minimum absolute atomic E-state index is 0.421. The van der Waals surface area contributed by atoms with Gasteiger partial charge in [0.25, 0.3) is 0 Å². The number of hydrogen-bond donors (Lipinski definition) is 1. The highest BCUT2D eigenvalue weighted by molar-refractivity contribution is 7.89. The lowest BCUT2D eigenvalue weighted by atomic mass is 10.2. The molecule has 0 bridgehead atoms. The van der Waals surface area contributed by atoms with Gasteiger partial charge in [0.05, 0.1) is 18.3 Å². The number of hydrogen-bond acceptors (Lipinski definition) is 4. The predicted molar refractivity (Wildman–Crippen MR) is 75.4 cm³/mol. The highest BCUT2D eigenvalue weighted by Crippen LogP contribution is 2.17. The molecule has 0 radical (unpaired) electrons. The molecule has 5 nitrogen and oxygen atoms in total. The summed E-state index contributed by atoms with van der Waals surface area (Å²) < 4.78 is 62.3. The molecule has 0 aliphatic rings. The van der Waals surface area contributed by atoms with Crippen LogP contribution in [0.15, 0.2) is 30.3 Å². The van der Waals surface area contributed by atoms with Crippen molar-refractivity contribution >= 4 is 15.9 Å². The SMILES string of the molecule is CC(C(=O)NS(=O)(=O)Cc1ccccc1)N(C)CC(F)(F)F. The van der Waals surface area contributed by atoms with Crippen molar-refractivity contribution in [2.75, 3.05) is 13.6 Å². The van der Waals surface area contributed by atoms with Crippen LogP contribution in [-0.2, 0) is 20.6 Å². The fourth-order valence-electron chi connectivity index (χ4n) is 1.69. The lowest BCUT2D eigenvalue weighted by Crippen LogP contribution is -2.48. The maximum Gasteiger partial charge on any atom is 0.401 e. The molecule has 22 heavy (non-hydrogen) atoms. The van der Waals surface area contributed by atoms with E-state index in [2.05, 4.69) is 0 Å². The Kier molecular flexibility index (Phi) is 5.95. The highest BCUT2D eigenvalue weighted by atomic mass is 32.2. The predicted octanol–water partition coefficient (Wildman–Crippen LogP) is 1.52. The highest BCUT2D eigenvalue weighted by Gasteiger charge is 2.33. The molecular formula is C13H17F3N2O3S. The number of benzene rings is 1. The Morgan fingerprint density at radius 3 is 2.32 bits per heavy atom. The van der Waals surface area contributed by atoms with E-state index in [1.165, 1.54) is 6.92 Å². The van der Waals surface area contributed by atoms with Crippen molar-refractivity contribution in [3.63, 3.8) is 0 Å². The van der Waals surface area contributed by atoms with E-state index in [0.29, 0.717) is 5.56 Å². The molecule has 9 heteroatoms. The Labute approximate surface area is 127 Å². The van der Waals surface area contributed by atoms with Crippen molar-refractivity contribution in [2.45, 2.75) is 24.9 Å². The summed E-state index contributed by atoms with van der Waals surface area (Å²) in [4.78, 5) is 12.5. The summed E-state index contributed by atoms with van der Waals surface area (Å²) in [6.45, 7) is -0.0978. The molecule has 1 aromatic rings. The first kappa shape index (κ1) is 18.4. The quantitative estimate of drug-likeness (QED) is 0.854.